The fourth-order valence-electron chi connectivity index (χ4n) is 1.32. The van der Waals surface area contributed by atoms with Crippen LogP contribution in [0.5, 0.6) is 5.75 Å². The van der Waals surface area contributed by atoms with Crippen molar-refractivity contribution >= 4 is 11.8 Å². The smallest absolute Gasteiger partial charge is 0.153 e. The highest BCUT2D eigenvalue weighted by Crippen LogP contribution is 2.13. The first-order valence-electron chi connectivity index (χ1n) is 4.85. The maximum absolute atomic E-state index is 9.14. The zero-order valence-corrected chi connectivity index (χ0v) is 9.19. The van der Waals surface area contributed by atoms with Gasteiger partial charge in [-0.25, -0.2) is 0 Å². The first-order valence-corrected chi connectivity index (χ1v) is 5.93. The predicted octanol–water partition coefficient (Wildman–Crippen LogP) is 2.77. The van der Waals surface area contributed by atoms with E-state index >= 15 is 0 Å². The lowest BCUT2D eigenvalue weighted by molar-refractivity contribution is 0.475. The Labute approximate surface area is 93.8 Å². The Morgan fingerprint density at radius 3 is 2.20 bits per heavy atom. The maximum Gasteiger partial charge on any atom is 0.153 e. The summed E-state index contributed by atoms with van der Waals surface area (Å²) in [6, 6.07) is 17.8. The molecule has 2 aromatic rings. The molecule has 0 heterocycles. The van der Waals surface area contributed by atoms with Crippen LogP contribution in [0.1, 0.15) is 5.56 Å². The van der Waals surface area contributed by atoms with Crippen molar-refractivity contribution in [2.24, 2.45) is 0 Å². The van der Waals surface area contributed by atoms with Gasteiger partial charge < -0.3 is 5.11 Å². The van der Waals surface area contributed by atoms with E-state index < -0.39 is 0 Å². The number of phenolic OH excluding ortho intramolecular Hbond substituents is 1. The van der Waals surface area contributed by atoms with Crippen LogP contribution in [0.4, 0.5) is 0 Å². The van der Waals surface area contributed by atoms with E-state index in [0.29, 0.717) is 5.75 Å². The van der Waals surface area contributed by atoms with Gasteiger partial charge in [-0.3, -0.25) is 0 Å². The molecule has 0 radical (unpaired) electrons. The summed E-state index contributed by atoms with van der Waals surface area (Å²) >= 11 is 1.27. The molecular weight excluding hydrogens is 204 g/mol. The molecule has 0 aliphatic rings. The summed E-state index contributed by atoms with van der Waals surface area (Å²) in [5.74, 6) is 1.35. The Morgan fingerprint density at radius 1 is 0.867 bits per heavy atom. The third-order valence-corrected chi connectivity index (χ3v) is 3.32. The van der Waals surface area contributed by atoms with Crippen LogP contribution in [-0.2, 0) is 17.5 Å². The molecule has 2 aromatic carbocycles. The molecule has 0 amide bonds. The van der Waals surface area contributed by atoms with E-state index in [0.717, 1.165) is 5.75 Å². The third-order valence-electron chi connectivity index (χ3n) is 2.14. The van der Waals surface area contributed by atoms with Crippen LogP contribution in [0.15, 0.2) is 59.5 Å². The number of thiol groups is 1. The molecule has 0 bridgehead atoms. The van der Waals surface area contributed by atoms with Crippen molar-refractivity contribution in [3.05, 3.63) is 60.2 Å². The largest absolute Gasteiger partial charge is 0.508 e. The van der Waals surface area contributed by atoms with Crippen LogP contribution < -0.4 is 0 Å². The van der Waals surface area contributed by atoms with E-state index in [1.165, 1.54) is 22.2 Å². The highest BCUT2D eigenvalue weighted by atomic mass is 32.2. The molecule has 0 aliphatic heterocycles. The second-order valence-electron chi connectivity index (χ2n) is 3.32. The topological polar surface area (TPSA) is 20.2 Å². The van der Waals surface area contributed by atoms with Gasteiger partial charge in [0.1, 0.15) is 11.5 Å². The van der Waals surface area contributed by atoms with Gasteiger partial charge in [-0.2, -0.15) is 0 Å². The molecule has 15 heavy (non-hydrogen) atoms. The monoisotopic (exact) mass is 217 g/mol. The second kappa shape index (κ2) is 4.89. The van der Waals surface area contributed by atoms with E-state index in [1.54, 1.807) is 12.1 Å². The van der Waals surface area contributed by atoms with Crippen LogP contribution in [0, 0.1) is 0 Å². The molecule has 0 saturated heterocycles. The van der Waals surface area contributed by atoms with Crippen LogP contribution in [0.25, 0.3) is 0 Å². The Bertz CT molecular complexity index is 408. The van der Waals surface area contributed by atoms with Crippen LogP contribution in [0.3, 0.4) is 0 Å². The van der Waals surface area contributed by atoms with Crippen molar-refractivity contribution in [1.82, 2.24) is 0 Å². The number of benzene rings is 2. The Morgan fingerprint density at radius 2 is 1.53 bits per heavy atom. The standard InChI is InChI=1S/C13H12OS/c14-12-6-8-13(9-7-12)15-10-11-4-2-1-3-5-11/h1-9,14H,10H2/p+1. The van der Waals surface area contributed by atoms with E-state index in [-0.39, 0.29) is 0 Å². The van der Waals surface area contributed by atoms with E-state index in [2.05, 4.69) is 24.3 Å². The Kier molecular flexibility index (Phi) is 3.30. The lowest BCUT2D eigenvalue weighted by atomic mass is 10.2. The predicted molar refractivity (Wildman–Crippen MR) is 65.3 cm³/mol. The average molecular weight is 217 g/mol. The second-order valence-corrected chi connectivity index (χ2v) is 4.47. The summed E-state index contributed by atoms with van der Waals surface area (Å²) < 4.78 is 0. The van der Waals surface area contributed by atoms with Crippen molar-refractivity contribution in [2.45, 2.75) is 10.6 Å². The molecule has 0 spiro atoms. The molecule has 2 heteroatoms. The highest BCUT2D eigenvalue weighted by molar-refractivity contribution is 7.77. The van der Waals surface area contributed by atoms with Crippen molar-refractivity contribution < 1.29 is 5.11 Å². The van der Waals surface area contributed by atoms with E-state index in [9.17, 15) is 0 Å². The lowest BCUT2D eigenvalue weighted by Crippen LogP contribution is -1.88. The van der Waals surface area contributed by atoms with Gasteiger partial charge in [0.15, 0.2) is 4.90 Å². The molecule has 0 fully saturated rings. The van der Waals surface area contributed by atoms with Crippen LogP contribution in [-0.4, -0.2) is 5.11 Å². The molecule has 1 N–H and O–H groups in total. The molecule has 0 unspecified atom stereocenters. The maximum atomic E-state index is 9.14. The van der Waals surface area contributed by atoms with Crippen LogP contribution in [0.2, 0.25) is 0 Å². The van der Waals surface area contributed by atoms with Gasteiger partial charge >= 0.3 is 0 Å². The van der Waals surface area contributed by atoms with Gasteiger partial charge in [-0.15, -0.1) is 0 Å². The van der Waals surface area contributed by atoms with Crippen molar-refractivity contribution in [3.63, 3.8) is 0 Å². The third kappa shape index (κ3) is 3.03. The van der Waals surface area contributed by atoms with E-state index in [4.69, 9.17) is 5.11 Å². The van der Waals surface area contributed by atoms with E-state index in [1.807, 2.05) is 18.2 Å². The molecule has 0 saturated carbocycles. The quantitative estimate of drug-likeness (QED) is 0.619. The minimum absolute atomic E-state index is 0.327. The molecule has 0 aromatic heterocycles. The number of phenols is 1. The molecule has 76 valence electrons. The van der Waals surface area contributed by atoms with Crippen LogP contribution >= 0.6 is 0 Å². The normalized spacial score (nSPS) is 10.1. The number of hydrogen-bond acceptors (Lipinski definition) is 1. The SMILES string of the molecule is Oc1ccc([SH+]Cc2ccccc2)cc1. The summed E-state index contributed by atoms with van der Waals surface area (Å²) in [5, 5.41) is 9.14. The lowest BCUT2D eigenvalue weighted by Gasteiger charge is -1.94. The first-order chi connectivity index (χ1) is 7.34. The summed E-state index contributed by atoms with van der Waals surface area (Å²) in [5.41, 5.74) is 1.34. The molecule has 2 rings (SSSR count). The van der Waals surface area contributed by atoms with Gasteiger partial charge in [-0.05, 0) is 24.3 Å². The van der Waals surface area contributed by atoms with Gasteiger partial charge in [0.25, 0.3) is 0 Å². The minimum Gasteiger partial charge on any atom is -0.508 e. The minimum atomic E-state index is 0.327. The summed E-state index contributed by atoms with van der Waals surface area (Å²) in [4.78, 5) is 1.23. The van der Waals surface area contributed by atoms with Gasteiger partial charge in [0.2, 0.25) is 0 Å². The molecular formula is C13H13OS+. The summed E-state index contributed by atoms with van der Waals surface area (Å²) in [7, 11) is 0. The zero-order valence-electron chi connectivity index (χ0n) is 8.30. The zero-order chi connectivity index (χ0) is 10.5. The first kappa shape index (κ1) is 10.1. The average Bonchev–Trinajstić information content (AvgIpc) is 2.30. The number of rotatable bonds is 3. The Hall–Kier alpha value is -1.41. The molecule has 0 atom stereocenters. The fourth-order valence-corrected chi connectivity index (χ4v) is 2.26. The van der Waals surface area contributed by atoms with Crippen molar-refractivity contribution in [3.8, 4) is 5.75 Å². The molecule has 0 aliphatic carbocycles. The fraction of sp³-hybridized carbons (Fsp3) is 0.0769. The summed E-state index contributed by atoms with van der Waals surface area (Å²) in [6.07, 6.45) is 0. The molecule has 1 nitrogen and oxygen atoms in total. The van der Waals surface area contributed by atoms with Gasteiger partial charge in [0, 0.05) is 17.3 Å². The van der Waals surface area contributed by atoms with Crippen molar-refractivity contribution in [1.29, 1.82) is 0 Å². The number of aromatic hydroxyl groups is 1. The van der Waals surface area contributed by atoms with Gasteiger partial charge in [0.05, 0.1) is 0 Å². The number of hydrogen-bond donors (Lipinski definition) is 1. The van der Waals surface area contributed by atoms with Crippen molar-refractivity contribution in [2.75, 3.05) is 0 Å². The highest BCUT2D eigenvalue weighted by Gasteiger charge is 2.03. The summed E-state index contributed by atoms with van der Waals surface area (Å²) in [6.45, 7) is 0. The van der Waals surface area contributed by atoms with Gasteiger partial charge in [-0.1, -0.05) is 30.3 Å². The Balaban J connectivity index is 1.96.